The van der Waals surface area contributed by atoms with Gasteiger partial charge in [0.2, 0.25) is 5.91 Å². The summed E-state index contributed by atoms with van der Waals surface area (Å²) in [5.41, 5.74) is 0.626. The van der Waals surface area contributed by atoms with Crippen molar-refractivity contribution in [2.75, 3.05) is 32.8 Å². The molecule has 3 amide bonds. The number of hydrogen-bond donors (Lipinski definition) is 3. The minimum atomic E-state index is -1.12. The van der Waals surface area contributed by atoms with Crippen LogP contribution in [-0.4, -0.2) is 114 Å². The molecule has 1 aromatic carbocycles. The number of piperazine rings is 1. The lowest BCUT2D eigenvalue weighted by atomic mass is 10.1. The van der Waals surface area contributed by atoms with Gasteiger partial charge in [0.15, 0.2) is 11.6 Å². The van der Waals surface area contributed by atoms with Crippen molar-refractivity contribution in [3.8, 4) is 17.2 Å². The van der Waals surface area contributed by atoms with Gasteiger partial charge in [-0.1, -0.05) is 30.3 Å². The molecule has 2 aromatic heterocycles. The lowest BCUT2D eigenvalue weighted by Gasteiger charge is -2.35. The van der Waals surface area contributed by atoms with Crippen molar-refractivity contribution in [1.82, 2.24) is 39.8 Å². The number of hydrogen-bond acceptors (Lipinski definition) is 10. The molecule has 1 aliphatic heterocycles. The van der Waals surface area contributed by atoms with Crippen LogP contribution < -0.4 is 5.32 Å². The normalized spacial score (nSPS) is 13.3. The highest BCUT2D eigenvalue weighted by Gasteiger charge is 2.31. The van der Waals surface area contributed by atoms with Crippen LogP contribution in [0.1, 0.15) is 30.3 Å². The van der Waals surface area contributed by atoms with Gasteiger partial charge in [0, 0.05) is 44.2 Å². The molecule has 0 unspecified atom stereocenters. The van der Waals surface area contributed by atoms with Crippen molar-refractivity contribution in [1.29, 1.82) is 0 Å². The number of carboxylic acids is 1. The van der Waals surface area contributed by atoms with E-state index in [0.717, 1.165) is 0 Å². The molecule has 0 aliphatic carbocycles. The van der Waals surface area contributed by atoms with Crippen molar-refractivity contribution >= 4 is 30.3 Å². The minimum absolute atomic E-state index is 0.0328. The zero-order chi connectivity index (χ0) is 30.5. The predicted octanol–water partition coefficient (Wildman–Crippen LogP) is 0.689. The Labute approximate surface area is 240 Å². The Morgan fingerprint density at radius 3 is 2.33 bits per heavy atom. The number of carboxylic acid groups (broad SMARTS) is 2. The Morgan fingerprint density at radius 2 is 1.74 bits per heavy atom. The molecule has 42 heavy (non-hydrogen) atoms. The summed E-state index contributed by atoms with van der Waals surface area (Å²) in [6, 6.07) is 9.32. The van der Waals surface area contributed by atoms with E-state index in [0.29, 0.717) is 5.56 Å². The van der Waals surface area contributed by atoms with Crippen LogP contribution in [0.25, 0.3) is 17.2 Å². The van der Waals surface area contributed by atoms with Gasteiger partial charge in [-0.05, 0) is 13.3 Å². The highest BCUT2D eigenvalue weighted by Crippen LogP contribution is 2.18. The van der Waals surface area contributed by atoms with E-state index in [-0.39, 0.29) is 69.4 Å². The van der Waals surface area contributed by atoms with E-state index < -0.39 is 29.9 Å². The van der Waals surface area contributed by atoms with Gasteiger partial charge in [-0.2, -0.15) is 5.10 Å². The Bertz CT molecular complexity index is 1360. The van der Waals surface area contributed by atoms with Crippen LogP contribution in [0.15, 0.2) is 49.1 Å². The zero-order valence-electron chi connectivity index (χ0n) is 22.7. The number of amides is 3. The second-order valence-corrected chi connectivity index (χ2v) is 8.72. The quantitative estimate of drug-likeness (QED) is 0.298. The van der Waals surface area contributed by atoms with Crippen LogP contribution in [0.2, 0.25) is 0 Å². The van der Waals surface area contributed by atoms with Gasteiger partial charge in [-0.3, -0.25) is 19.2 Å². The van der Waals surface area contributed by atoms with E-state index in [9.17, 15) is 24.3 Å². The molecule has 0 saturated carbocycles. The summed E-state index contributed by atoms with van der Waals surface area (Å²) in [6.45, 7) is 2.67. The second-order valence-electron chi connectivity index (χ2n) is 8.72. The van der Waals surface area contributed by atoms with Crippen LogP contribution >= 0.6 is 0 Å². The van der Waals surface area contributed by atoms with E-state index in [1.54, 1.807) is 19.1 Å². The standard InChI is InChI=1S/C25H28N8O6.CH2O2/c1-2-39-25(38)32-12-10-31(11-13-32)24(37)18(8-9-21(34)35)29-23(36)19-14-20(33-16-26-15-27-33)30-22(28-19)17-6-4-3-5-7-17;2-1-3/h3-7,14-16,18H,2,8-13H2,1H3,(H,29,36)(H,34,35);1H,(H,2,3)/t18-;/m0./s1. The molecule has 3 N–H and O–H groups in total. The van der Waals surface area contributed by atoms with E-state index in [1.165, 1.54) is 33.2 Å². The number of nitrogens with zero attached hydrogens (tertiary/aromatic N) is 7. The summed E-state index contributed by atoms with van der Waals surface area (Å²) < 4.78 is 6.38. The maximum Gasteiger partial charge on any atom is 0.409 e. The summed E-state index contributed by atoms with van der Waals surface area (Å²) in [4.78, 5) is 74.1. The third-order valence-corrected chi connectivity index (χ3v) is 6.00. The van der Waals surface area contributed by atoms with Crippen molar-refractivity contribution in [2.24, 2.45) is 0 Å². The average molecular weight is 583 g/mol. The highest BCUT2D eigenvalue weighted by molar-refractivity contribution is 5.97. The number of rotatable bonds is 9. The average Bonchev–Trinajstić information content (AvgIpc) is 3.55. The number of aliphatic carboxylic acids is 1. The maximum atomic E-state index is 13.4. The fourth-order valence-electron chi connectivity index (χ4n) is 4.01. The number of ether oxygens (including phenoxy) is 1. The Kier molecular flexibility index (Phi) is 11.4. The number of aromatic nitrogens is 5. The van der Waals surface area contributed by atoms with Crippen molar-refractivity contribution in [2.45, 2.75) is 25.8 Å². The molecule has 4 rings (SSSR count). The first-order chi connectivity index (χ1) is 20.3. The number of carbonyl (C=O) groups is 5. The second kappa shape index (κ2) is 15.4. The van der Waals surface area contributed by atoms with Crippen LogP contribution in [0.5, 0.6) is 0 Å². The lowest BCUT2D eigenvalue weighted by molar-refractivity contribution is -0.138. The Balaban J connectivity index is 0.00000155. The van der Waals surface area contributed by atoms with Gasteiger partial charge in [0.25, 0.3) is 12.4 Å². The molecule has 1 aliphatic rings. The third kappa shape index (κ3) is 8.54. The summed E-state index contributed by atoms with van der Waals surface area (Å²) in [6.07, 6.45) is 1.84. The predicted molar refractivity (Wildman–Crippen MR) is 144 cm³/mol. The van der Waals surface area contributed by atoms with Crippen LogP contribution in [-0.2, 0) is 19.1 Å². The maximum absolute atomic E-state index is 13.4. The largest absolute Gasteiger partial charge is 0.483 e. The number of benzene rings is 1. The molecule has 0 bridgehead atoms. The van der Waals surface area contributed by atoms with Gasteiger partial charge in [0.1, 0.15) is 24.4 Å². The number of nitrogens with one attached hydrogen (secondary N) is 1. The molecular formula is C26H30N8O8. The molecular weight excluding hydrogens is 552 g/mol. The summed E-state index contributed by atoms with van der Waals surface area (Å²) >= 11 is 0. The molecule has 3 aromatic rings. The van der Waals surface area contributed by atoms with E-state index >= 15 is 0 Å². The van der Waals surface area contributed by atoms with Crippen LogP contribution in [0, 0.1) is 0 Å². The smallest absolute Gasteiger partial charge is 0.409 e. The van der Waals surface area contributed by atoms with Crippen LogP contribution in [0.4, 0.5) is 4.79 Å². The molecule has 222 valence electrons. The molecule has 1 atom stereocenters. The molecule has 16 heteroatoms. The lowest BCUT2D eigenvalue weighted by Crippen LogP contribution is -2.56. The van der Waals surface area contributed by atoms with Gasteiger partial charge in [-0.25, -0.2) is 24.4 Å². The van der Waals surface area contributed by atoms with Crippen molar-refractivity contribution in [3.05, 3.63) is 54.7 Å². The Hall–Kier alpha value is -5.41. The van der Waals surface area contributed by atoms with E-state index in [1.807, 2.05) is 18.2 Å². The van der Waals surface area contributed by atoms with Gasteiger partial charge >= 0.3 is 12.1 Å². The SMILES string of the molecule is CCOC(=O)N1CCN(C(=O)[C@H](CCC(=O)O)NC(=O)c2cc(-n3cncn3)nc(-c3ccccc3)n2)CC1.O=CO. The highest BCUT2D eigenvalue weighted by atomic mass is 16.6. The summed E-state index contributed by atoms with van der Waals surface area (Å²) in [5, 5.41) is 22.8. The fraction of sp³-hybridized carbons (Fsp3) is 0.346. The monoisotopic (exact) mass is 582 g/mol. The zero-order valence-corrected chi connectivity index (χ0v) is 22.7. The molecule has 3 heterocycles. The van der Waals surface area contributed by atoms with Crippen molar-refractivity contribution < 1.29 is 38.9 Å². The van der Waals surface area contributed by atoms with Gasteiger partial charge in [-0.15, -0.1) is 0 Å². The third-order valence-electron chi connectivity index (χ3n) is 6.00. The summed E-state index contributed by atoms with van der Waals surface area (Å²) in [5.74, 6) is -1.67. The summed E-state index contributed by atoms with van der Waals surface area (Å²) in [7, 11) is 0. The first-order valence-corrected chi connectivity index (χ1v) is 12.9. The van der Waals surface area contributed by atoms with Crippen LogP contribution in [0.3, 0.4) is 0 Å². The molecule has 16 nitrogen and oxygen atoms in total. The van der Waals surface area contributed by atoms with Gasteiger partial charge in [0.05, 0.1) is 6.61 Å². The first-order valence-electron chi connectivity index (χ1n) is 12.9. The van der Waals surface area contributed by atoms with E-state index in [4.69, 9.17) is 14.6 Å². The molecule has 0 spiro atoms. The Morgan fingerprint density at radius 1 is 1.07 bits per heavy atom. The molecule has 0 radical (unpaired) electrons. The minimum Gasteiger partial charge on any atom is -0.483 e. The topological polar surface area (TPSA) is 210 Å². The first kappa shape index (κ1) is 31.1. The van der Waals surface area contributed by atoms with E-state index in [2.05, 4.69) is 25.4 Å². The number of carbonyl (C=O) groups excluding carboxylic acids is 3. The molecule has 1 saturated heterocycles. The fourth-order valence-corrected chi connectivity index (χ4v) is 4.01. The molecule has 1 fully saturated rings. The van der Waals surface area contributed by atoms with Crippen molar-refractivity contribution in [3.63, 3.8) is 0 Å². The van der Waals surface area contributed by atoms with Gasteiger partial charge < -0.3 is 30.1 Å².